The summed E-state index contributed by atoms with van der Waals surface area (Å²) in [4.78, 5) is 28.8. The van der Waals surface area contributed by atoms with E-state index in [1.54, 1.807) is 0 Å². The number of carbonyl (C=O) groups is 2. The fraction of sp³-hybridized carbons (Fsp3) is 0.333. The number of thioether (sulfide) groups is 1. The third-order valence-corrected chi connectivity index (χ3v) is 5.32. The predicted octanol–water partition coefficient (Wildman–Crippen LogP) is 2.77. The smallest absolute Gasteiger partial charge is 0.323 e. The number of anilines is 1. The zero-order valence-corrected chi connectivity index (χ0v) is 14.3. The van der Waals surface area contributed by atoms with E-state index in [0.717, 1.165) is 17.3 Å². The van der Waals surface area contributed by atoms with Gasteiger partial charge in [0.05, 0.1) is 5.92 Å². The van der Waals surface area contributed by atoms with Crippen LogP contribution in [0.3, 0.4) is 0 Å². The molecule has 0 saturated carbocycles. The molecule has 3 rings (SSSR count). The second kappa shape index (κ2) is 7.63. The van der Waals surface area contributed by atoms with Gasteiger partial charge in [0.1, 0.15) is 0 Å². The molecule has 0 aliphatic carbocycles. The normalized spacial score (nSPS) is 17.0. The van der Waals surface area contributed by atoms with Crippen molar-refractivity contribution in [2.45, 2.75) is 17.3 Å². The minimum atomic E-state index is -0.860. The molecule has 1 aromatic carbocycles. The molecule has 2 N–H and O–H groups in total. The highest BCUT2D eigenvalue weighted by molar-refractivity contribution is 7.98. The van der Waals surface area contributed by atoms with Gasteiger partial charge in [-0.2, -0.15) is 9.36 Å². The van der Waals surface area contributed by atoms with Crippen LogP contribution in [-0.4, -0.2) is 44.5 Å². The Labute approximate surface area is 147 Å². The molecule has 2 amide bonds. The van der Waals surface area contributed by atoms with Crippen LogP contribution in [0.5, 0.6) is 0 Å². The number of nitrogens with zero attached hydrogens (tertiary/aromatic N) is 3. The second-order valence-electron chi connectivity index (χ2n) is 5.36. The van der Waals surface area contributed by atoms with Crippen LogP contribution < -0.4 is 5.32 Å². The zero-order chi connectivity index (χ0) is 16.9. The number of carbonyl (C=O) groups excluding carboxylic acids is 1. The number of benzene rings is 1. The summed E-state index contributed by atoms with van der Waals surface area (Å²) in [6.07, 6.45) is 0.483. The van der Waals surface area contributed by atoms with Crippen LogP contribution in [0.15, 0.2) is 35.5 Å². The zero-order valence-electron chi connectivity index (χ0n) is 12.7. The highest BCUT2D eigenvalue weighted by atomic mass is 32.2. The molecule has 7 nitrogen and oxygen atoms in total. The molecule has 1 aliphatic heterocycles. The van der Waals surface area contributed by atoms with Crippen molar-refractivity contribution in [3.05, 3.63) is 35.9 Å². The molecule has 0 bridgehead atoms. The van der Waals surface area contributed by atoms with Crippen molar-refractivity contribution in [3.63, 3.8) is 0 Å². The predicted molar refractivity (Wildman–Crippen MR) is 92.2 cm³/mol. The molecule has 126 valence electrons. The van der Waals surface area contributed by atoms with Gasteiger partial charge in [-0.05, 0) is 12.0 Å². The van der Waals surface area contributed by atoms with E-state index in [9.17, 15) is 9.59 Å². The van der Waals surface area contributed by atoms with Gasteiger partial charge in [0, 0.05) is 30.4 Å². The number of amides is 2. The molecule has 2 aromatic rings. The number of nitrogens with one attached hydrogen (secondary N) is 1. The Morgan fingerprint density at radius 3 is 2.88 bits per heavy atom. The van der Waals surface area contributed by atoms with Crippen LogP contribution in [0.4, 0.5) is 9.93 Å². The van der Waals surface area contributed by atoms with Crippen molar-refractivity contribution in [1.82, 2.24) is 14.3 Å². The summed E-state index contributed by atoms with van der Waals surface area (Å²) in [5.74, 6) is -0.583. The Morgan fingerprint density at radius 2 is 2.17 bits per heavy atom. The largest absolute Gasteiger partial charge is 0.481 e. The van der Waals surface area contributed by atoms with Crippen molar-refractivity contribution in [2.24, 2.45) is 5.92 Å². The number of aliphatic carboxylic acids is 1. The van der Waals surface area contributed by atoms with Gasteiger partial charge in [0.15, 0.2) is 0 Å². The minimum Gasteiger partial charge on any atom is -0.481 e. The van der Waals surface area contributed by atoms with Gasteiger partial charge < -0.3 is 10.0 Å². The van der Waals surface area contributed by atoms with Gasteiger partial charge in [-0.1, -0.05) is 42.1 Å². The molecule has 0 spiro atoms. The number of urea groups is 1. The second-order valence-corrected chi connectivity index (χ2v) is 7.05. The summed E-state index contributed by atoms with van der Waals surface area (Å²) in [5, 5.41) is 12.7. The van der Waals surface area contributed by atoms with E-state index in [-0.39, 0.29) is 12.6 Å². The Hall–Kier alpha value is -2.13. The average molecular weight is 364 g/mol. The molecule has 1 fully saturated rings. The Balaban J connectivity index is 1.51. The number of likely N-dealkylation sites (tertiary alicyclic amines) is 1. The first kappa shape index (κ1) is 16.7. The molecule has 1 atom stereocenters. The number of carboxylic acids is 1. The van der Waals surface area contributed by atoms with Crippen molar-refractivity contribution in [2.75, 3.05) is 18.4 Å². The van der Waals surface area contributed by atoms with Gasteiger partial charge in [0.2, 0.25) is 10.3 Å². The number of carboxylic acid groups (broad SMARTS) is 1. The standard InChI is InChI=1S/C15H16N4O3S2/c20-12(21)11-6-7-19(8-11)15(22)17-13-16-14(18-24-13)23-9-10-4-2-1-3-5-10/h1-5,11H,6-9H2,(H,20,21)(H,16,17,18,22). The summed E-state index contributed by atoms with van der Waals surface area (Å²) < 4.78 is 4.22. The third kappa shape index (κ3) is 4.24. The molecule has 1 saturated heterocycles. The van der Waals surface area contributed by atoms with Gasteiger partial charge in [-0.25, -0.2) is 4.79 Å². The average Bonchev–Trinajstić information content (AvgIpc) is 3.23. The number of hydrogen-bond donors (Lipinski definition) is 2. The van der Waals surface area contributed by atoms with Crippen LogP contribution in [0.2, 0.25) is 0 Å². The summed E-state index contributed by atoms with van der Waals surface area (Å²) in [5.41, 5.74) is 1.18. The van der Waals surface area contributed by atoms with Gasteiger partial charge in [-0.15, -0.1) is 0 Å². The van der Waals surface area contributed by atoms with E-state index in [0.29, 0.717) is 23.3 Å². The highest BCUT2D eigenvalue weighted by Crippen LogP contribution is 2.24. The first-order chi connectivity index (χ1) is 11.6. The fourth-order valence-corrected chi connectivity index (χ4v) is 3.85. The van der Waals surface area contributed by atoms with E-state index in [4.69, 9.17) is 5.11 Å². The maximum absolute atomic E-state index is 12.1. The molecule has 9 heteroatoms. The van der Waals surface area contributed by atoms with Gasteiger partial charge in [0.25, 0.3) is 0 Å². The van der Waals surface area contributed by atoms with Crippen LogP contribution >= 0.6 is 23.3 Å². The molecule has 1 aliphatic rings. The summed E-state index contributed by atoms with van der Waals surface area (Å²) in [6, 6.07) is 9.68. The van der Waals surface area contributed by atoms with E-state index < -0.39 is 11.9 Å². The molecular weight excluding hydrogens is 348 g/mol. The van der Waals surface area contributed by atoms with Gasteiger partial charge in [-0.3, -0.25) is 10.1 Å². The number of aromatic nitrogens is 2. The van der Waals surface area contributed by atoms with E-state index in [2.05, 4.69) is 14.7 Å². The number of hydrogen-bond acceptors (Lipinski definition) is 6. The van der Waals surface area contributed by atoms with Crippen molar-refractivity contribution < 1.29 is 14.7 Å². The maximum atomic E-state index is 12.1. The van der Waals surface area contributed by atoms with Crippen LogP contribution in [0.1, 0.15) is 12.0 Å². The Bertz CT molecular complexity index is 723. The van der Waals surface area contributed by atoms with Crippen molar-refractivity contribution >= 4 is 40.4 Å². The lowest BCUT2D eigenvalue weighted by molar-refractivity contribution is -0.141. The lowest BCUT2D eigenvalue weighted by atomic mass is 10.1. The Kier molecular flexibility index (Phi) is 5.31. The monoisotopic (exact) mass is 364 g/mol. The first-order valence-corrected chi connectivity index (χ1v) is 9.17. The Morgan fingerprint density at radius 1 is 1.38 bits per heavy atom. The molecule has 2 heterocycles. The van der Waals surface area contributed by atoms with E-state index in [1.165, 1.54) is 22.2 Å². The molecule has 0 radical (unpaired) electrons. The van der Waals surface area contributed by atoms with Gasteiger partial charge >= 0.3 is 12.0 Å². The molecule has 1 unspecified atom stereocenters. The quantitative estimate of drug-likeness (QED) is 0.792. The third-order valence-electron chi connectivity index (χ3n) is 3.66. The topological polar surface area (TPSA) is 95.4 Å². The lowest BCUT2D eigenvalue weighted by Gasteiger charge is -2.14. The summed E-state index contributed by atoms with van der Waals surface area (Å²) in [6.45, 7) is 0.673. The molecule has 24 heavy (non-hydrogen) atoms. The van der Waals surface area contributed by atoms with Crippen molar-refractivity contribution in [1.29, 1.82) is 0 Å². The number of rotatable bonds is 5. The van der Waals surface area contributed by atoms with E-state index in [1.807, 2.05) is 30.3 Å². The summed E-state index contributed by atoms with van der Waals surface area (Å²) >= 11 is 2.63. The fourth-order valence-electron chi connectivity index (χ4n) is 2.36. The summed E-state index contributed by atoms with van der Waals surface area (Å²) in [7, 11) is 0. The van der Waals surface area contributed by atoms with Crippen LogP contribution in [0.25, 0.3) is 0 Å². The SMILES string of the molecule is O=C(O)C1CCN(C(=O)Nc2nc(SCc3ccccc3)ns2)C1. The first-order valence-electron chi connectivity index (χ1n) is 7.41. The maximum Gasteiger partial charge on any atom is 0.323 e. The highest BCUT2D eigenvalue weighted by Gasteiger charge is 2.31. The van der Waals surface area contributed by atoms with Crippen LogP contribution in [0, 0.1) is 5.92 Å². The lowest BCUT2D eigenvalue weighted by Crippen LogP contribution is -2.33. The van der Waals surface area contributed by atoms with Crippen molar-refractivity contribution in [3.8, 4) is 0 Å². The minimum absolute atomic E-state index is 0.232. The van der Waals surface area contributed by atoms with Crippen LogP contribution in [-0.2, 0) is 10.5 Å². The molecule has 1 aromatic heterocycles. The molecular formula is C15H16N4O3S2. The van der Waals surface area contributed by atoms with E-state index >= 15 is 0 Å².